The molecule has 0 aliphatic heterocycles. The van der Waals surface area contributed by atoms with Gasteiger partial charge in [0.1, 0.15) is 0 Å². The topological polar surface area (TPSA) is 50.8 Å². The fraction of sp³-hybridized carbons (Fsp3) is 0. The molecule has 0 aliphatic rings. The number of nitrogens with zero attached hydrogens (tertiary/aromatic N) is 3. The van der Waals surface area contributed by atoms with Crippen LogP contribution in [0.15, 0.2) is 115 Å². The molecule has 4 heteroatoms. The highest BCUT2D eigenvalue weighted by atomic mass is 32.1. The molecule has 0 N–H and O–H groups in total. The Morgan fingerprint density at radius 1 is 0.526 bits per heavy atom. The van der Waals surface area contributed by atoms with Gasteiger partial charge in [-0.1, -0.05) is 54.6 Å². The molecule has 1 aromatic heterocycles. The summed E-state index contributed by atoms with van der Waals surface area (Å²) in [4.78, 5) is 2.31. The predicted molar refractivity (Wildman–Crippen MR) is 158 cm³/mol. The lowest BCUT2D eigenvalue weighted by Crippen LogP contribution is -2.10. The van der Waals surface area contributed by atoms with Crippen molar-refractivity contribution in [1.82, 2.24) is 0 Å². The summed E-state index contributed by atoms with van der Waals surface area (Å²) in [6.07, 6.45) is 0. The Bertz CT molecular complexity index is 2030. The third-order valence-electron chi connectivity index (χ3n) is 7.05. The highest BCUT2D eigenvalue weighted by Crippen LogP contribution is 2.45. The van der Waals surface area contributed by atoms with Crippen molar-refractivity contribution in [3.8, 4) is 12.1 Å². The summed E-state index contributed by atoms with van der Waals surface area (Å²) >= 11 is 1.81. The lowest BCUT2D eigenvalue weighted by atomic mass is 10.0. The maximum atomic E-state index is 9.34. The van der Waals surface area contributed by atoms with Gasteiger partial charge in [-0.05, 0) is 82.2 Å². The number of anilines is 3. The van der Waals surface area contributed by atoms with E-state index in [1.54, 1.807) is 0 Å². The molecule has 0 unspecified atom stereocenters. The van der Waals surface area contributed by atoms with Gasteiger partial charge in [0.05, 0.1) is 33.7 Å². The molecular formula is C34H19N3S. The second-order valence-electron chi connectivity index (χ2n) is 9.30. The number of rotatable bonds is 3. The van der Waals surface area contributed by atoms with E-state index in [1.165, 1.54) is 20.2 Å². The van der Waals surface area contributed by atoms with E-state index in [1.807, 2.05) is 47.7 Å². The Hall–Kier alpha value is -5.16. The number of nitriles is 2. The van der Waals surface area contributed by atoms with Gasteiger partial charge in [-0.15, -0.1) is 11.3 Å². The van der Waals surface area contributed by atoms with Crippen molar-refractivity contribution < 1.29 is 0 Å². The van der Waals surface area contributed by atoms with Crippen LogP contribution in [0.25, 0.3) is 41.7 Å². The molecule has 0 radical (unpaired) electrons. The summed E-state index contributed by atoms with van der Waals surface area (Å²) in [5.41, 5.74) is 4.51. The Morgan fingerprint density at radius 2 is 1.08 bits per heavy atom. The first-order valence-corrected chi connectivity index (χ1v) is 13.1. The average Bonchev–Trinajstić information content (AvgIpc) is 3.36. The molecule has 0 atom stereocenters. The first-order valence-electron chi connectivity index (χ1n) is 12.3. The van der Waals surface area contributed by atoms with Crippen molar-refractivity contribution in [2.75, 3.05) is 4.90 Å². The van der Waals surface area contributed by atoms with Gasteiger partial charge in [0.25, 0.3) is 0 Å². The molecular weight excluding hydrogens is 482 g/mol. The Labute approximate surface area is 223 Å². The minimum absolute atomic E-state index is 0.656. The molecule has 0 bridgehead atoms. The zero-order valence-electron chi connectivity index (χ0n) is 20.2. The van der Waals surface area contributed by atoms with Crippen LogP contribution in [0.3, 0.4) is 0 Å². The van der Waals surface area contributed by atoms with Gasteiger partial charge in [0.2, 0.25) is 0 Å². The summed E-state index contributed by atoms with van der Waals surface area (Å²) in [5, 5.41) is 25.4. The number of fused-ring (bicyclic) bond motifs is 5. The maximum absolute atomic E-state index is 9.34. The van der Waals surface area contributed by atoms with E-state index in [-0.39, 0.29) is 0 Å². The molecule has 0 amide bonds. The van der Waals surface area contributed by atoms with Crippen LogP contribution in [0.2, 0.25) is 0 Å². The molecule has 0 fully saturated rings. The first kappa shape index (κ1) is 22.1. The molecule has 176 valence electrons. The molecule has 0 saturated carbocycles. The van der Waals surface area contributed by atoms with Crippen LogP contribution in [0.4, 0.5) is 17.1 Å². The standard InChI is InChI=1S/C34H19N3S/c35-20-22-8-10-26-18-28(14-12-24(26)16-22)37(29-15-13-25-17-23(21-36)9-11-27(25)19-29)32-6-3-5-31-30-4-1-2-7-33(30)38-34(31)32/h1-19H. The second-order valence-corrected chi connectivity index (χ2v) is 10.4. The largest absolute Gasteiger partial charge is 0.309 e. The minimum atomic E-state index is 0.656. The lowest BCUT2D eigenvalue weighted by Gasteiger charge is -2.27. The highest BCUT2D eigenvalue weighted by Gasteiger charge is 2.18. The van der Waals surface area contributed by atoms with Gasteiger partial charge in [0.15, 0.2) is 0 Å². The van der Waals surface area contributed by atoms with Crippen LogP contribution >= 0.6 is 11.3 Å². The number of thiophene rings is 1. The van der Waals surface area contributed by atoms with E-state index in [2.05, 4.69) is 95.9 Å². The zero-order chi connectivity index (χ0) is 25.6. The minimum Gasteiger partial charge on any atom is -0.309 e. The van der Waals surface area contributed by atoms with E-state index < -0.39 is 0 Å². The smallest absolute Gasteiger partial charge is 0.0991 e. The Balaban J connectivity index is 1.50. The SMILES string of the molecule is N#Cc1ccc2cc(N(c3ccc4cc(C#N)ccc4c3)c3cccc4c3sc3ccccc34)ccc2c1. The fourth-order valence-electron chi connectivity index (χ4n) is 5.22. The molecule has 0 aliphatic carbocycles. The van der Waals surface area contributed by atoms with Gasteiger partial charge in [-0.25, -0.2) is 0 Å². The quantitative estimate of drug-likeness (QED) is 0.242. The van der Waals surface area contributed by atoms with Crippen molar-refractivity contribution in [2.45, 2.75) is 0 Å². The van der Waals surface area contributed by atoms with Crippen LogP contribution in [-0.4, -0.2) is 0 Å². The van der Waals surface area contributed by atoms with Crippen LogP contribution in [0.5, 0.6) is 0 Å². The van der Waals surface area contributed by atoms with E-state index in [0.29, 0.717) is 11.1 Å². The first-order chi connectivity index (χ1) is 18.7. The summed E-state index contributed by atoms with van der Waals surface area (Å²) < 4.78 is 2.49. The average molecular weight is 502 g/mol. The van der Waals surface area contributed by atoms with Crippen LogP contribution < -0.4 is 4.90 Å². The summed E-state index contributed by atoms with van der Waals surface area (Å²) in [7, 11) is 0. The van der Waals surface area contributed by atoms with Gasteiger partial charge in [0, 0.05) is 26.8 Å². The van der Waals surface area contributed by atoms with Gasteiger partial charge < -0.3 is 4.90 Å². The van der Waals surface area contributed by atoms with Gasteiger partial charge in [-0.3, -0.25) is 0 Å². The van der Waals surface area contributed by atoms with Crippen molar-refractivity contribution in [3.05, 3.63) is 126 Å². The van der Waals surface area contributed by atoms with E-state index in [4.69, 9.17) is 0 Å². The highest BCUT2D eigenvalue weighted by molar-refractivity contribution is 7.26. The molecule has 0 spiro atoms. The summed E-state index contributed by atoms with van der Waals surface area (Å²) in [6.45, 7) is 0. The zero-order valence-corrected chi connectivity index (χ0v) is 21.0. The van der Waals surface area contributed by atoms with Crippen LogP contribution in [-0.2, 0) is 0 Å². The van der Waals surface area contributed by atoms with Crippen molar-refractivity contribution in [3.63, 3.8) is 0 Å². The van der Waals surface area contributed by atoms with E-state index in [0.717, 1.165) is 38.6 Å². The molecule has 7 rings (SSSR count). The fourth-order valence-corrected chi connectivity index (χ4v) is 6.43. The van der Waals surface area contributed by atoms with E-state index in [9.17, 15) is 10.5 Å². The number of hydrogen-bond acceptors (Lipinski definition) is 4. The third-order valence-corrected chi connectivity index (χ3v) is 8.26. The van der Waals surface area contributed by atoms with Gasteiger partial charge in [-0.2, -0.15) is 10.5 Å². The molecule has 7 aromatic rings. The molecule has 3 nitrogen and oxygen atoms in total. The molecule has 1 heterocycles. The molecule has 6 aromatic carbocycles. The second kappa shape index (κ2) is 8.75. The number of benzene rings is 6. The van der Waals surface area contributed by atoms with Crippen molar-refractivity contribution >= 4 is 70.1 Å². The van der Waals surface area contributed by atoms with Crippen LogP contribution in [0, 0.1) is 22.7 Å². The molecule has 0 saturated heterocycles. The molecule has 38 heavy (non-hydrogen) atoms. The van der Waals surface area contributed by atoms with Crippen molar-refractivity contribution in [1.29, 1.82) is 10.5 Å². The Morgan fingerprint density at radius 3 is 1.71 bits per heavy atom. The van der Waals surface area contributed by atoms with Crippen LogP contribution in [0.1, 0.15) is 11.1 Å². The lowest BCUT2D eigenvalue weighted by molar-refractivity contribution is 1.31. The van der Waals surface area contributed by atoms with Crippen molar-refractivity contribution in [2.24, 2.45) is 0 Å². The Kier molecular flexibility index (Phi) is 5.08. The predicted octanol–water partition coefficient (Wildman–Crippen LogP) is 9.57. The van der Waals surface area contributed by atoms with E-state index >= 15 is 0 Å². The summed E-state index contributed by atoms with van der Waals surface area (Å²) in [5.74, 6) is 0. The summed E-state index contributed by atoms with van der Waals surface area (Å²) in [6, 6.07) is 44.0. The maximum Gasteiger partial charge on any atom is 0.0991 e. The third kappa shape index (κ3) is 3.56. The van der Waals surface area contributed by atoms with Gasteiger partial charge >= 0.3 is 0 Å². The monoisotopic (exact) mass is 501 g/mol. The normalized spacial score (nSPS) is 11.1. The number of hydrogen-bond donors (Lipinski definition) is 0.